The molecule has 1 heterocycles. The number of nitrogens with one attached hydrogen (secondary N) is 1. The Morgan fingerprint density at radius 3 is 2.60 bits per heavy atom. The van der Waals surface area contributed by atoms with Crippen LogP contribution in [0, 0.1) is 13.8 Å². The van der Waals surface area contributed by atoms with Gasteiger partial charge in [0.2, 0.25) is 0 Å². The molecule has 0 aliphatic rings. The number of rotatable bonds is 5. The second kappa shape index (κ2) is 5.47. The Labute approximate surface area is 94.3 Å². The molecule has 1 rings (SSSR count). The van der Waals surface area contributed by atoms with Crippen LogP contribution in [0.15, 0.2) is 6.07 Å². The van der Waals surface area contributed by atoms with E-state index in [1.165, 1.54) is 17.0 Å². The maximum Gasteiger partial charge on any atom is 0.0357 e. The highest BCUT2D eigenvalue weighted by atomic mass is 32.2. The van der Waals surface area contributed by atoms with Gasteiger partial charge in [0.1, 0.15) is 0 Å². The number of hydrogen-bond donors (Lipinski definition) is 1. The van der Waals surface area contributed by atoms with Gasteiger partial charge in [-0.2, -0.15) is 0 Å². The fourth-order valence-corrected chi connectivity index (χ4v) is 1.98. The first-order valence-corrected chi connectivity index (χ1v) is 6.87. The van der Waals surface area contributed by atoms with E-state index in [0.29, 0.717) is 0 Å². The molecule has 0 spiro atoms. The minimum absolute atomic E-state index is 0.696. The van der Waals surface area contributed by atoms with Crippen LogP contribution in [0.4, 0.5) is 0 Å². The van der Waals surface area contributed by atoms with Crippen molar-refractivity contribution in [2.24, 2.45) is 7.05 Å². The molecule has 0 saturated heterocycles. The van der Waals surface area contributed by atoms with E-state index in [4.69, 9.17) is 0 Å². The van der Waals surface area contributed by atoms with E-state index in [2.05, 4.69) is 36.8 Å². The zero-order valence-corrected chi connectivity index (χ0v) is 10.8. The van der Waals surface area contributed by atoms with E-state index in [-0.39, 0.29) is 0 Å². The molecule has 1 aromatic heterocycles. The van der Waals surface area contributed by atoms with E-state index in [1.807, 2.05) is 0 Å². The van der Waals surface area contributed by atoms with E-state index in [1.54, 1.807) is 6.26 Å². The Bertz CT molecular complexity index is 358. The van der Waals surface area contributed by atoms with Gasteiger partial charge in [-0.25, -0.2) is 0 Å². The molecule has 1 unspecified atom stereocenters. The lowest BCUT2D eigenvalue weighted by atomic mass is 10.2. The molecule has 0 bridgehead atoms. The minimum Gasteiger partial charge on any atom is -0.352 e. The van der Waals surface area contributed by atoms with Crippen LogP contribution in [0.1, 0.15) is 17.0 Å². The fraction of sp³-hybridized carbons (Fsp3) is 0.636. The van der Waals surface area contributed by atoms with Crippen LogP contribution in [0.2, 0.25) is 0 Å². The quantitative estimate of drug-likeness (QED) is 0.766. The predicted octanol–water partition coefficient (Wildman–Crippen LogP) is 1.11. The van der Waals surface area contributed by atoms with Crippen LogP contribution >= 0.6 is 0 Å². The molecule has 1 atom stereocenters. The smallest absolute Gasteiger partial charge is 0.0357 e. The zero-order chi connectivity index (χ0) is 11.4. The van der Waals surface area contributed by atoms with Gasteiger partial charge in [0.25, 0.3) is 0 Å². The number of hydrogen-bond acceptors (Lipinski definition) is 2. The summed E-state index contributed by atoms with van der Waals surface area (Å²) >= 11 is 0. The molecule has 0 aliphatic heterocycles. The molecule has 0 saturated carbocycles. The van der Waals surface area contributed by atoms with Crippen LogP contribution < -0.4 is 5.32 Å². The van der Waals surface area contributed by atoms with Gasteiger partial charge in [-0.05, 0) is 25.5 Å². The normalized spacial score (nSPS) is 13.1. The summed E-state index contributed by atoms with van der Waals surface area (Å²) in [5.74, 6) is 0.727. The summed E-state index contributed by atoms with van der Waals surface area (Å²) in [6.07, 6.45) is 1.74. The summed E-state index contributed by atoms with van der Waals surface area (Å²) in [6.45, 7) is 5.92. The lowest BCUT2D eigenvalue weighted by molar-refractivity contribution is 0.675. The third kappa shape index (κ3) is 3.47. The highest BCUT2D eigenvalue weighted by Crippen LogP contribution is 2.12. The lowest BCUT2D eigenvalue weighted by Gasteiger charge is -2.04. The van der Waals surface area contributed by atoms with Crippen molar-refractivity contribution in [3.63, 3.8) is 0 Å². The molecule has 0 aromatic carbocycles. The second-order valence-corrected chi connectivity index (χ2v) is 5.46. The van der Waals surface area contributed by atoms with Gasteiger partial charge < -0.3 is 9.88 Å². The van der Waals surface area contributed by atoms with Gasteiger partial charge >= 0.3 is 0 Å². The topological polar surface area (TPSA) is 34.0 Å². The van der Waals surface area contributed by atoms with Gasteiger partial charge in [-0.15, -0.1) is 0 Å². The van der Waals surface area contributed by atoms with Crippen molar-refractivity contribution in [3.8, 4) is 0 Å². The van der Waals surface area contributed by atoms with Crippen LogP contribution in [0.5, 0.6) is 0 Å². The largest absolute Gasteiger partial charge is 0.352 e. The van der Waals surface area contributed by atoms with Crippen LogP contribution in [0.3, 0.4) is 0 Å². The van der Waals surface area contributed by atoms with E-state index >= 15 is 0 Å². The van der Waals surface area contributed by atoms with Crippen molar-refractivity contribution in [1.82, 2.24) is 9.88 Å². The second-order valence-electron chi connectivity index (χ2n) is 3.91. The van der Waals surface area contributed by atoms with E-state index in [9.17, 15) is 4.21 Å². The van der Waals surface area contributed by atoms with Crippen molar-refractivity contribution >= 4 is 10.8 Å². The molecule has 0 aliphatic carbocycles. The van der Waals surface area contributed by atoms with Crippen molar-refractivity contribution in [2.45, 2.75) is 20.4 Å². The third-order valence-electron chi connectivity index (χ3n) is 2.76. The Morgan fingerprint density at radius 1 is 1.47 bits per heavy atom. The standard InChI is InChI=1S/C11H20N2OS/c1-9-7-11(10(2)13(9)3)8-12-5-6-15(4)14/h7,12H,5-6,8H2,1-4H3. The van der Waals surface area contributed by atoms with Crippen LogP contribution in [-0.2, 0) is 24.4 Å². The van der Waals surface area contributed by atoms with Crippen LogP contribution in [0.25, 0.3) is 0 Å². The van der Waals surface area contributed by atoms with Gasteiger partial charge in [-0.1, -0.05) is 0 Å². The van der Waals surface area contributed by atoms with Crippen molar-refractivity contribution in [2.75, 3.05) is 18.6 Å². The summed E-state index contributed by atoms with van der Waals surface area (Å²) in [6, 6.07) is 2.20. The summed E-state index contributed by atoms with van der Waals surface area (Å²) in [7, 11) is 1.38. The molecule has 15 heavy (non-hydrogen) atoms. The molecule has 1 N–H and O–H groups in total. The van der Waals surface area contributed by atoms with Gasteiger partial charge in [0.15, 0.2) is 0 Å². The highest BCUT2D eigenvalue weighted by molar-refractivity contribution is 7.84. The Balaban J connectivity index is 2.44. The Kier molecular flexibility index (Phi) is 4.54. The molecular formula is C11H20N2OS. The molecule has 0 radical (unpaired) electrons. The maximum absolute atomic E-state index is 10.8. The summed E-state index contributed by atoms with van der Waals surface area (Å²) in [5.41, 5.74) is 3.91. The van der Waals surface area contributed by atoms with Gasteiger partial charge in [0.05, 0.1) is 0 Å². The third-order valence-corrected chi connectivity index (χ3v) is 3.54. The van der Waals surface area contributed by atoms with Crippen LogP contribution in [-0.4, -0.2) is 27.3 Å². The molecular weight excluding hydrogens is 208 g/mol. The Hall–Kier alpha value is -0.610. The molecule has 86 valence electrons. The summed E-state index contributed by atoms with van der Waals surface area (Å²) in [5, 5.41) is 3.31. The molecule has 1 aromatic rings. The first-order valence-electron chi connectivity index (χ1n) is 5.15. The SMILES string of the molecule is Cc1cc(CNCCS(C)=O)c(C)n1C. The van der Waals surface area contributed by atoms with Gasteiger partial charge in [0, 0.05) is 54.3 Å². The molecule has 3 nitrogen and oxygen atoms in total. The van der Waals surface area contributed by atoms with Gasteiger partial charge in [-0.3, -0.25) is 4.21 Å². The predicted molar refractivity (Wildman–Crippen MR) is 65.5 cm³/mol. The average molecular weight is 228 g/mol. The van der Waals surface area contributed by atoms with E-state index < -0.39 is 10.8 Å². The Morgan fingerprint density at radius 2 is 2.13 bits per heavy atom. The zero-order valence-electron chi connectivity index (χ0n) is 9.96. The fourth-order valence-electron chi connectivity index (χ4n) is 1.55. The summed E-state index contributed by atoms with van der Waals surface area (Å²) < 4.78 is 13.0. The average Bonchev–Trinajstić information content (AvgIpc) is 2.41. The van der Waals surface area contributed by atoms with Crippen molar-refractivity contribution in [3.05, 3.63) is 23.0 Å². The molecule has 0 amide bonds. The molecule has 0 fully saturated rings. The monoisotopic (exact) mass is 228 g/mol. The minimum atomic E-state index is -0.696. The number of aryl methyl sites for hydroxylation is 1. The first-order chi connectivity index (χ1) is 7.02. The highest BCUT2D eigenvalue weighted by Gasteiger charge is 2.04. The summed E-state index contributed by atoms with van der Waals surface area (Å²) in [4.78, 5) is 0. The molecule has 4 heteroatoms. The van der Waals surface area contributed by atoms with Crippen molar-refractivity contribution in [1.29, 1.82) is 0 Å². The van der Waals surface area contributed by atoms with E-state index in [0.717, 1.165) is 18.8 Å². The van der Waals surface area contributed by atoms with Crippen molar-refractivity contribution < 1.29 is 4.21 Å². The lowest BCUT2D eigenvalue weighted by Crippen LogP contribution is -2.19. The number of nitrogens with zero attached hydrogens (tertiary/aromatic N) is 1. The maximum atomic E-state index is 10.8. The first kappa shape index (κ1) is 12.5. The number of aromatic nitrogens is 1.